The molecule has 0 aromatic heterocycles. The molecule has 0 unspecified atom stereocenters. The summed E-state index contributed by atoms with van der Waals surface area (Å²) in [5.41, 5.74) is 5.43. The summed E-state index contributed by atoms with van der Waals surface area (Å²) in [5.74, 6) is -0.579. The maximum Gasteiger partial charge on any atom is 0.343 e. The second kappa shape index (κ2) is 5.71. The maximum absolute atomic E-state index is 11.1. The van der Waals surface area contributed by atoms with Gasteiger partial charge in [0.2, 0.25) is 0 Å². The van der Waals surface area contributed by atoms with Crippen LogP contribution >= 0.6 is 46.4 Å². The molecule has 6 heteroatoms. The van der Waals surface area contributed by atoms with E-state index >= 15 is 0 Å². The van der Waals surface area contributed by atoms with Crippen LogP contribution in [0, 0.1) is 0 Å². The lowest BCUT2D eigenvalue weighted by molar-refractivity contribution is -0.137. The number of thiocarbonyl (C=S) groups is 1. The highest BCUT2D eigenvalue weighted by atomic mass is 127. The third kappa shape index (κ3) is 3.68. The zero-order valence-corrected chi connectivity index (χ0v) is 10.00. The Morgan fingerprint density at radius 3 is 2.50 bits per heavy atom. The lowest BCUT2D eigenvalue weighted by Crippen LogP contribution is -2.15. The Morgan fingerprint density at radius 1 is 1.75 bits per heavy atom. The quantitative estimate of drug-likeness (QED) is 0.215. The van der Waals surface area contributed by atoms with Gasteiger partial charge in [-0.3, -0.25) is 0 Å². The molecule has 0 fully saturated rings. The Bertz CT molecular complexity index is 238. The number of nitrogens with two attached hydrogens (primary N) is 1. The molecule has 0 spiro atoms. The van der Waals surface area contributed by atoms with E-state index in [0.29, 0.717) is 0 Å². The molecular weight excluding hydrogens is 312 g/mol. The zero-order chi connectivity index (χ0) is 9.72. The molecule has 0 bridgehead atoms. The minimum absolute atomic E-state index is 0.0640. The number of rotatable bonds is 3. The van der Waals surface area contributed by atoms with Crippen molar-refractivity contribution >= 4 is 56.7 Å². The second-order valence-electron chi connectivity index (χ2n) is 1.72. The van der Waals surface area contributed by atoms with Crippen molar-refractivity contribution in [2.75, 3.05) is 6.61 Å². The molecule has 0 aliphatic heterocycles. The average Bonchev–Trinajstić information content (AvgIpc) is 1.85. The first-order valence-electron chi connectivity index (χ1n) is 3.02. The van der Waals surface area contributed by atoms with Crippen LogP contribution in [0.2, 0.25) is 0 Å². The van der Waals surface area contributed by atoms with Crippen LogP contribution in [0.15, 0.2) is 9.28 Å². The molecule has 0 heterocycles. The lowest BCUT2D eigenvalue weighted by Gasteiger charge is -2.03. The predicted molar refractivity (Wildman–Crippen MR) is 60.3 cm³/mol. The number of hydrogen-bond donors (Lipinski definition) is 1. The van der Waals surface area contributed by atoms with Crippen LogP contribution in [0.5, 0.6) is 0 Å². The van der Waals surface area contributed by atoms with Crippen molar-refractivity contribution in [1.29, 1.82) is 0 Å². The van der Waals surface area contributed by atoms with E-state index in [1.165, 1.54) is 0 Å². The van der Waals surface area contributed by atoms with Crippen LogP contribution in [0.4, 0.5) is 0 Å². The fourth-order valence-corrected chi connectivity index (χ4v) is 1.68. The van der Waals surface area contributed by atoms with Crippen LogP contribution in [0.1, 0.15) is 6.92 Å². The first-order valence-corrected chi connectivity index (χ1v) is 4.89. The van der Waals surface area contributed by atoms with Crippen molar-refractivity contribution in [1.82, 2.24) is 0 Å². The molecule has 0 radical (unpaired) electrons. The summed E-state index contributed by atoms with van der Waals surface area (Å²) in [6, 6.07) is 0. The standard InChI is InChI=1S/C6H7ClINO2S/c1-2-11-6(10)3(4(7)12)5(8)9/h2,9H2,1H3. The molecule has 0 saturated heterocycles. The van der Waals surface area contributed by atoms with Gasteiger partial charge in [0.05, 0.1) is 10.3 Å². The van der Waals surface area contributed by atoms with Crippen LogP contribution < -0.4 is 5.73 Å². The Hall–Kier alpha value is 0.120. The van der Waals surface area contributed by atoms with Crippen molar-refractivity contribution in [3.63, 3.8) is 0 Å². The van der Waals surface area contributed by atoms with Gasteiger partial charge in [-0.1, -0.05) is 23.8 Å². The normalized spacial score (nSPS) is 11.9. The molecule has 68 valence electrons. The van der Waals surface area contributed by atoms with Gasteiger partial charge in [0, 0.05) is 0 Å². The van der Waals surface area contributed by atoms with Gasteiger partial charge in [0.15, 0.2) is 0 Å². The molecule has 0 aromatic carbocycles. The molecule has 0 saturated carbocycles. The average molecular weight is 320 g/mol. The monoisotopic (exact) mass is 319 g/mol. The summed E-state index contributed by atoms with van der Waals surface area (Å²) in [7, 11) is 0. The lowest BCUT2D eigenvalue weighted by atomic mass is 10.3. The van der Waals surface area contributed by atoms with Crippen molar-refractivity contribution in [2.45, 2.75) is 6.92 Å². The van der Waals surface area contributed by atoms with Crippen LogP contribution in [-0.4, -0.2) is 16.9 Å². The summed E-state index contributed by atoms with van der Waals surface area (Å²) < 4.78 is 4.85. The molecule has 3 nitrogen and oxygen atoms in total. The fraction of sp³-hybridized carbons (Fsp3) is 0.333. The first-order chi connectivity index (χ1) is 5.50. The largest absolute Gasteiger partial charge is 0.462 e. The van der Waals surface area contributed by atoms with Gasteiger partial charge in [-0.05, 0) is 29.5 Å². The summed E-state index contributed by atoms with van der Waals surface area (Å²) >= 11 is 11.8. The summed E-state index contributed by atoms with van der Waals surface area (Å²) in [6.45, 7) is 1.96. The van der Waals surface area contributed by atoms with Gasteiger partial charge in [-0.15, -0.1) is 0 Å². The predicted octanol–water partition coefficient (Wildman–Crippen LogP) is 1.72. The van der Waals surface area contributed by atoms with Crippen molar-refractivity contribution in [3.05, 3.63) is 9.28 Å². The smallest absolute Gasteiger partial charge is 0.343 e. The van der Waals surface area contributed by atoms with Crippen molar-refractivity contribution in [2.24, 2.45) is 5.73 Å². The minimum Gasteiger partial charge on any atom is -0.462 e. The highest BCUT2D eigenvalue weighted by Crippen LogP contribution is 2.13. The van der Waals surface area contributed by atoms with E-state index in [4.69, 9.17) is 17.3 Å². The van der Waals surface area contributed by atoms with Crippen LogP contribution in [-0.2, 0) is 9.53 Å². The van der Waals surface area contributed by atoms with E-state index in [1.807, 2.05) is 0 Å². The van der Waals surface area contributed by atoms with E-state index in [2.05, 4.69) is 17.0 Å². The van der Waals surface area contributed by atoms with Crippen molar-refractivity contribution < 1.29 is 9.53 Å². The van der Waals surface area contributed by atoms with E-state index in [9.17, 15) is 4.79 Å². The number of hydrogen-bond acceptors (Lipinski definition) is 4. The van der Waals surface area contributed by atoms with Gasteiger partial charge in [0.25, 0.3) is 0 Å². The number of ether oxygens (including phenoxy) is 1. The fourth-order valence-electron chi connectivity index (χ4n) is 0.475. The second-order valence-corrected chi connectivity index (χ2v) is 3.89. The third-order valence-electron chi connectivity index (χ3n) is 0.915. The van der Waals surface area contributed by atoms with E-state index in [-0.39, 0.29) is 20.2 Å². The van der Waals surface area contributed by atoms with Gasteiger partial charge < -0.3 is 10.5 Å². The molecule has 2 N–H and O–H groups in total. The Kier molecular flexibility index (Phi) is 5.77. The zero-order valence-electron chi connectivity index (χ0n) is 6.27. The first kappa shape index (κ1) is 12.1. The topological polar surface area (TPSA) is 52.3 Å². The van der Waals surface area contributed by atoms with Gasteiger partial charge >= 0.3 is 5.97 Å². The van der Waals surface area contributed by atoms with E-state index < -0.39 is 5.97 Å². The number of carbonyl (C=O) groups excluding carboxylic acids is 1. The molecular formula is C6H7ClINO2S. The molecule has 0 aliphatic rings. The van der Waals surface area contributed by atoms with Gasteiger partial charge in [-0.2, -0.15) is 0 Å². The van der Waals surface area contributed by atoms with Gasteiger partial charge in [-0.25, -0.2) is 4.79 Å². The maximum atomic E-state index is 11.1. The number of carbonyl (C=O) groups is 1. The molecule has 12 heavy (non-hydrogen) atoms. The Labute approximate surface area is 94.4 Å². The van der Waals surface area contributed by atoms with Crippen LogP contribution in [0.3, 0.4) is 0 Å². The van der Waals surface area contributed by atoms with Gasteiger partial charge in [0.1, 0.15) is 9.90 Å². The molecule has 0 rings (SSSR count). The molecule has 0 aliphatic carbocycles. The summed E-state index contributed by atoms with van der Waals surface area (Å²) in [5, 5.41) is 0. The highest BCUT2D eigenvalue weighted by molar-refractivity contribution is 14.1. The summed E-state index contributed by atoms with van der Waals surface area (Å²) in [6.07, 6.45) is 0. The minimum atomic E-state index is -0.579. The Balaban J connectivity index is 4.67. The number of halogens is 2. The third-order valence-corrected chi connectivity index (χ3v) is 1.85. The number of esters is 1. The van der Waals surface area contributed by atoms with E-state index in [0.717, 1.165) is 0 Å². The van der Waals surface area contributed by atoms with Crippen molar-refractivity contribution in [3.8, 4) is 0 Å². The molecule has 0 aromatic rings. The molecule has 0 atom stereocenters. The van der Waals surface area contributed by atoms with Crippen LogP contribution in [0.25, 0.3) is 0 Å². The van der Waals surface area contributed by atoms with E-state index in [1.54, 1.807) is 29.5 Å². The summed E-state index contributed by atoms with van der Waals surface area (Å²) in [4.78, 5) is 11.1. The molecule has 0 amide bonds. The SMILES string of the molecule is CCOC(=O)C(C(=S)Cl)=C(N)I. The highest BCUT2D eigenvalue weighted by Gasteiger charge is 2.17. The Morgan fingerprint density at radius 2 is 2.25 bits per heavy atom.